The van der Waals surface area contributed by atoms with E-state index in [9.17, 15) is 14.0 Å². The highest BCUT2D eigenvalue weighted by Gasteiger charge is 2.43. The van der Waals surface area contributed by atoms with Crippen LogP contribution in [0.5, 0.6) is 0 Å². The molecule has 0 radical (unpaired) electrons. The second-order valence-electron chi connectivity index (χ2n) is 12.0. The summed E-state index contributed by atoms with van der Waals surface area (Å²) in [6.45, 7) is 11.2. The Kier molecular flexibility index (Phi) is 6.86. The van der Waals surface area contributed by atoms with Gasteiger partial charge in [0.25, 0.3) is 5.91 Å². The molecule has 0 unspecified atom stereocenters. The Balaban J connectivity index is 1.19. The summed E-state index contributed by atoms with van der Waals surface area (Å²) in [5.41, 5.74) is 3.58. The lowest BCUT2D eigenvalue weighted by atomic mass is 10.1. The zero-order chi connectivity index (χ0) is 29.8. The predicted molar refractivity (Wildman–Crippen MR) is 154 cm³/mol. The monoisotopic (exact) mass is 575 g/mol. The quantitative estimate of drug-likeness (QED) is 0.344. The van der Waals surface area contributed by atoms with Crippen LogP contribution in [-0.2, 0) is 4.74 Å². The van der Waals surface area contributed by atoms with Gasteiger partial charge in [0.2, 0.25) is 11.7 Å². The molecule has 4 aromatic rings. The number of carbonyl (C=O) groups is 2. The Morgan fingerprint density at radius 1 is 1.17 bits per heavy atom. The summed E-state index contributed by atoms with van der Waals surface area (Å²) in [6, 6.07) is 9.43. The molecule has 3 atom stereocenters. The summed E-state index contributed by atoms with van der Waals surface area (Å²) in [7, 11) is 0. The zero-order valence-corrected chi connectivity index (χ0v) is 24.3. The van der Waals surface area contributed by atoms with Crippen molar-refractivity contribution in [2.75, 3.05) is 29.9 Å². The Bertz CT molecular complexity index is 1660. The van der Waals surface area contributed by atoms with Crippen LogP contribution in [0.4, 0.5) is 20.6 Å². The number of hydrogen-bond acceptors (Lipinski definition) is 8. The Morgan fingerprint density at radius 3 is 2.67 bits per heavy atom. The average Bonchev–Trinajstić information content (AvgIpc) is 3.31. The van der Waals surface area contributed by atoms with Crippen LogP contribution >= 0.6 is 0 Å². The molecule has 1 saturated carbocycles. The number of aryl methyl sites for hydroxylation is 1. The van der Waals surface area contributed by atoms with Crippen LogP contribution in [0, 0.1) is 6.92 Å². The molecule has 2 fully saturated rings. The number of alkyl halides is 1. The Labute approximate surface area is 242 Å². The first-order chi connectivity index (χ1) is 20.0. The van der Waals surface area contributed by atoms with Gasteiger partial charge in [-0.15, -0.1) is 0 Å². The van der Waals surface area contributed by atoms with Crippen LogP contribution < -0.4 is 10.2 Å². The van der Waals surface area contributed by atoms with Gasteiger partial charge in [0.15, 0.2) is 0 Å². The number of nitrogens with zero attached hydrogens (tertiary/aromatic N) is 6. The maximum absolute atomic E-state index is 13.5. The summed E-state index contributed by atoms with van der Waals surface area (Å²) >= 11 is 0. The molecule has 220 valence electrons. The standard InChI is InChI=1S/C30H34FN7O4/c1-17-6-7-19(26-34-28(42-35-26)21-14-23(21)31)12-24(17)33-27(39)22-15-32-38-9-8-20(13-25(22)38)37-11-10-36(16-18(37)2)29(40)41-30(3,4)5/h6-9,12-13,15,18,21,23H,10-11,14,16H2,1-5H3,(H,33,39)/t18-,21-,23-/m0/s1. The van der Waals surface area contributed by atoms with Gasteiger partial charge in [-0.2, -0.15) is 10.1 Å². The third-order valence-electron chi connectivity index (χ3n) is 7.58. The van der Waals surface area contributed by atoms with E-state index in [0.717, 1.165) is 11.3 Å². The lowest BCUT2D eigenvalue weighted by Crippen LogP contribution is -2.54. The molecule has 3 aromatic heterocycles. The molecule has 1 N–H and O–H groups in total. The first-order valence-electron chi connectivity index (χ1n) is 14.1. The van der Waals surface area contributed by atoms with Crippen LogP contribution in [0.3, 0.4) is 0 Å². The van der Waals surface area contributed by atoms with Crippen molar-refractivity contribution in [1.82, 2.24) is 24.7 Å². The van der Waals surface area contributed by atoms with E-state index in [4.69, 9.17) is 9.26 Å². The average molecular weight is 576 g/mol. The molecule has 1 saturated heterocycles. The first-order valence-corrected chi connectivity index (χ1v) is 14.1. The van der Waals surface area contributed by atoms with E-state index in [0.29, 0.717) is 60.1 Å². The van der Waals surface area contributed by atoms with Crippen LogP contribution in [0.2, 0.25) is 0 Å². The minimum atomic E-state index is -0.928. The van der Waals surface area contributed by atoms with Gasteiger partial charge in [0, 0.05) is 48.8 Å². The van der Waals surface area contributed by atoms with Crippen molar-refractivity contribution in [2.24, 2.45) is 0 Å². The SMILES string of the molecule is Cc1ccc(-c2noc([C@H]3C[C@@H]3F)n2)cc1NC(=O)c1cnn2ccc(N3CCN(C(=O)OC(C)(C)C)C[C@@H]3C)cc12. The molecule has 1 aromatic carbocycles. The molecule has 42 heavy (non-hydrogen) atoms. The maximum Gasteiger partial charge on any atom is 0.410 e. The van der Waals surface area contributed by atoms with E-state index in [1.807, 2.05) is 58.2 Å². The van der Waals surface area contributed by atoms with E-state index >= 15 is 0 Å². The summed E-state index contributed by atoms with van der Waals surface area (Å²) in [6.07, 6.45) is 2.54. The van der Waals surface area contributed by atoms with E-state index in [1.165, 1.54) is 0 Å². The van der Waals surface area contributed by atoms with Crippen LogP contribution in [0.1, 0.15) is 61.8 Å². The normalized spacial score (nSPS) is 20.6. The number of amides is 2. The van der Waals surface area contributed by atoms with Gasteiger partial charge in [0.1, 0.15) is 11.8 Å². The summed E-state index contributed by atoms with van der Waals surface area (Å²) < 4.78 is 25.9. The van der Waals surface area contributed by atoms with Crippen LogP contribution in [0.25, 0.3) is 16.9 Å². The number of halogens is 1. The number of fused-ring (bicyclic) bond motifs is 1. The highest BCUT2D eigenvalue weighted by atomic mass is 19.1. The fourth-order valence-electron chi connectivity index (χ4n) is 5.16. The molecule has 2 amide bonds. The van der Waals surface area contributed by atoms with E-state index in [1.54, 1.807) is 21.7 Å². The molecular weight excluding hydrogens is 541 g/mol. The third-order valence-corrected chi connectivity index (χ3v) is 7.58. The highest BCUT2D eigenvalue weighted by molar-refractivity contribution is 6.09. The van der Waals surface area contributed by atoms with Gasteiger partial charge in [-0.3, -0.25) is 4.79 Å². The lowest BCUT2D eigenvalue weighted by molar-refractivity contribution is 0.0218. The van der Waals surface area contributed by atoms with E-state index in [2.05, 4.69) is 32.4 Å². The van der Waals surface area contributed by atoms with Gasteiger partial charge < -0.3 is 24.4 Å². The molecular formula is C30H34FN7O4. The van der Waals surface area contributed by atoms with Gasteiger partial charge >= 0.3 is 6.09 Å². The lowest BCUT2D eigenvalue weighted by Gasteiger charge is -2.41. The minimum Gasteiger partial charge on any atom is -0.444 e. The second kappa shape index (κ2) is 10.4. The van der Waals surface area contributed by atoms with Gasteiger partial charge in [-0.1, -0.05) is 17.3 Å². The highest BCUT2D eigenvalue weighted by Crippen LogP contribution is 2.43. The molecule has 0 bridgehead atoms. The molecule has 1 aliphatic heterocycles. The molecule has 12 heteroatoms. The van der Waals surface area contributed by atoms with Crippen molar-refractivity contribution < 1.29 is 23.2 Å². The number of piperazine rings is 1. The van der Waals surface area contributed by atoms with Crippen molar-refractivity contribution in [3.63, 3.8) is 0 Å². The van der Waals surface area contributed by atoms with Gasteiger partial charge in [-0.05, 0) is 64.8 Å². The van der Waals surface area contributed by atoms with Crippen molar-refractivity contribution in [1.29, 1.82) is 0 Å². The van der Waals surface area contributed by atoms with Crippen LogP contribution in [0.15, 0.2) is 47.2 Å². The smallest absolute Gasteiger partial charge is 0.410 e. The largest absolute Gasteiger partial charge is 0.444 e. The fourth-order valence-corrected chi connectivity index (χ4v) is 5.16. The molecule has 4 heterocycles. The maximum atomic E-state index is 13.5. The summed E-state index contributed by atoms with van der Waals surface area (Å²) in [5, 5.41) is 11.4. The molecule has 2 aliphatic rings. The predicted octanol–water partition coefficient (Wildman–Crippen LogP) is 5.22. The summed E-state index contributed by atoms with van der Waals surface area (Å²) in [4.78, 5) is 34.4. The minimum absolute atomic E-state index is 0.0423. The molecule has 11 nitrogen and oxygen atoms in total. The number of carbonyl (C=O) groups excluding carboxylic acids is 2. The number of pyridine rings is 1. The number of hydrogen-bond donors (Lipinski definition) is 1. The number of nitrogens with one attached hydrogen (secondary N) is 1. The number of rotatable bonds is 5. The van der Waals surface area contributed by atoms with E-state index in [-0.39, 0.29) is 24.0 Å². The van der Waals surface area contributed by atoms with E-state index < -0.39 is 11.8 Å². The molecule has 0 spiro atoms. The number of aromatic nitrogens is 4. The topological polar surface area (TPSA) is 118 Å². The number of anilines is 2. The first kappa shape index (κ1) is 27.7. The third kappa shape index (κ3) is 5.53. The van der Waals surface area contributed by atoms with Gasteiger partial charge in [-0.25, -0.2) is 13.7 Å². The van der Waals surface area contributed by atoms with Gasteiger partial charge in [0.05, 0.1) is 23.2 Å². The van der Waals surface area contributed by atoms with Crippen molar-refractivity contribution >= 4 is 28.9 Å². The van der Waals surface area contributed by atoms with Crippen molar-refractivity contribution in [3.8, 4) is 11.4 Å². The fraction of sp³-hybridized carbons (Fsp3) is 0.433. The molecule has 6 rings (SSSR count). The number of ether oxygens (including phenoxy) is 1. The second-order valence-corrected chi connectivity index (χ2v) is 12.0. The Hall–Kier alpha value is -4.48. The van der Waals surface area contributed by atoms with Crippen molar-refractivity contribution in [3.05, 3.63) is 59.7 Å². The Morgan fingerprint density at radius 2 is 1.95 bits per heavy atom. The molecule has 1 aliphatic carbocycles. The zero-order valence-electron chi connectivity index (χ0n) is 24.3. The van der Waals surface area contributed by atoms with Crippen LogP contribution in [-0.4, -0.2) is 74.1 Å². The number of benzene rings is 1. The summed E-state index contributed by atoms with van der Waals surface area (Å²) in [5.74, 6) is 0.0120. The van der Waals surface area contributed by atoms with Crippen molar-refractivity contribution in [2.45, 2.75) is 64.8 Å².